The fraction of sp³-hybridized carbons (Fsp3) is 0.611. The second kappa shape index (κ2) is 7.63. The van der Waals surface area contributed by atoms with Crippen LogP contribution >= 0.6 is 0 Å². The van der Waals surface area contributed by atoms with Gasteiger partial charge >= 0.3 is 0 Å². The number of likely N-dealkylation sites (N-methyl/N-ethyl adjacent to an activating group) is 1. The van der Waals surface area contributed by atoms with Gasteiger partial charge < -0.3 is 15.3 Å². The summed E-state index contributed by atoms with van der Waals surface area (Å²) in [5.41, 5.74) is 0.876. The van der Waals surface area contributed by atoms with Gasteiger partial charge in [-0.25, -0.2) is 0 Å². The zero-order valence-corrected chi connectivity index (χ0v) is 13.7. The second-order valence-electron chi connectivity index (χ2n) is 6.54. The lowest BCUT2D eigenvalue weighted by atomic mass is 9.73. The quantitative estimate of drug-likeness (QED) is 0.849. The van der Waals surface area contributed by atoms with Crippen LogP contribution in [0.5, 0.6) is 0 Å². The van der Waals surface area contributed by atoms with Gasteiger partial charge in [-0.05, 0) is 31.9 Å². The lowest BCUT2D eigenvalue weighted by Crippen LogP contribution is -2.47. The topological polar surface area (TPSA) is 52.6 Å². The highest BCUT2D eigenvalue weighted by Crippen LogP contribution is 2.35. The summed E-state index contributed by atoms with van der Waals surface area (Å²) in [6.45, 7) is 5.82. The molecule has 1 aliphatic rings. The molecule has 2 unspecified atom stereocenters. The van der Waals surface area contributed by atoms with Crippen LogP contribution in [0.2, 0.25) is 0 Å². The minimum atomic E-state index is -0.307. The summed E-state index contributed by atoms with van der Waals surface area (Å²) < 4.78 is 0. The highest BCUT2D eigenvalue weighted by Gasteiger charge is 2.35. The molecule has 2 N–H and O–H groups in total. The highest BCUT2D eigenvalue weighted by atomic mass is 16.3. The number of nitrogens with zero attached hydrogens (tertiary/aromatic N) is 1. The van der Waals surface area contributed by atoms with Gasteiger partial charge in [0.2, 0.25) is 5.91 Å². The standard InChI is InChI=1S/C18H28N2O2/c1-3-20(15-9-5-4-6-10-15)13-17(22)19-14-18(2)12-8-7-11-16(18)21/h4-6,9-10,16,21H,3,7-8,11-14H2,1-2H3,(H,19,22). The van der Waals surface area contributed by atoms with E-state index < -0.39 is 0 Å². The van der Waals surface area contributed by atoms with Crippen molar-refractivity contribution in [3.8, 4) is 0 Å². The average Bonchev–Trinajstić information content (AvgIpc) is 2.54. The Balaban J connectivity index is 1.87. The Morgan fingerprint density at radius 2 is 2.09 bits per heavy atom. The lowest BCUT2D eigenvalue weighted by Gasteiger charge is -2.38. The van der Waals surface area contributed by atoms with Gasteiger partial charge in [-0.1, -0.05) is 38.0 Å². The van der Waals surface area contributed by atoms with Crippen molar-refractivity contribution in [3.05, 3.63) is 30.3 Å². The first-order valence-corrected chi connectivity index (χ1v) is 8.30. The molecule has 0 aromatic heterocycles. The van der Waals surface area contributed by atoms with E-state index in [-0.39, 0.29) is 17.4 Å². The van der Waals surface area contributed by atoms with Crippen molar-refractivity contribution < 1.29 is 9.90 Å². The van der Waals surface area contributed by atoms with Crippen molar-refractivity contribution in [2.24, 2.45) is 5.41 Å². The molecule has 0 radical (unpaired) electrons. The average molecular weight is 304 g/mol. The van der Waals surface area contributed by atoms with E-state index in [2.05, 4.69) is 17.1 Å². The third kappa shape index (κ3) is 4.23. The van der Waals surface area contributed by atoms with Crippen LogP contribution in [0.3, 0.4) is 0 Å². The molecule has 0 aliphatic heterocycles. The molecular weight excluding hydrogens is 276 g/mol. The fourth-order valence-corrected chi connectivity index (χ4v) is 3.14. The predicted octanol–water partition coefficient (Wildman–Crippen LogP) is 2.57. The number of para-hydroxylation sites is 1. The van der Waals surface area contributed by atoms with Crippen LogP contribution in [-0.4, -0.2) is 36.8 Å². The molecule has 122 valence electrons. The maximum absolute atomic E-state index is 12.2. The molecule has 1 aromatic carbocycles. The largest absolute Gasteiger partial charge is 0.392 e. The summed E-state index contributed by atoms with van der Waals surface area (Å²) in [6.07, 6.45) is 3.73. The van der Waals surface area contributed by atoms with E-state index in [0.29, 0.717) is 13.1 Å². The van der Waals surface area contributed by atoms with Crippen molar-refractivity contribution in [1.82, 2.24) is 5.32 Å². The Kier molecular flexibility index (Phi) is 5.83. The number of anilines is 1. The first-order chi connectivity index (χ1) is 10.5. The third-order valence-electron chi connectivity index (χ3n) is 4.81. The zero-order chi connectivity index (χ0) is 16.0. The molecule has 0 saturated heterocycles. The molecule has 0 heterocycles. The SMILES string of the molecule is CCN(CC(=O)NCC1(C)CCCCC1O)c1ccccc1. The molecule has 2 rings (SSSR count). The van der Waals surface area contributed by atoms with Crippen molar-refractivity contribution in [3.63, 3.8) is 0 Å². The van der Waals surface area contributed by atoms with E-state index in [1.165, 1.54) is 0 Å². The van der Waals surface area contributed by atoms with Crippen LogP contribution in [0.1, 0.15) is 39.5 Å². The van der Waals surface area contributed by atoms with Gasteiger partial charge in [-0.15, -0.1) is 0 Å². The van der Waals surface area contributed by atoms with E-state index in [9.17, 15) is 9.90 Å². The number of benzene rings is 1. The predicted molar refractivity (Wildman–Crippen MR) is 89.9 cm³/mol. The molecular formula is C18H28N2O2. The Hall–Kier alpha value is -1.55. The molecule has 1 fully saturated rings. The molecule has 4 heteroatoms. The van der Waals surface area contributed by atoms with E-state index >= 15 is 0 Å². The molecule has 0 bridgehead atoms. The molecule has 22 heavy (non-hydrogen) atoms. The smallest absolute Gasteiger partial charge is 0.239 e. The van der Waals surface area contributed by atoms with E-state index in [4.69, 9.17) is 0 Å². The Morgan fingerprint density at radius 1 is 1.36 bits per heavy atom. The van der Waals surface area contributed by atoms with Crippen LogP contribution in [0.15, 0.2) is 30.3 Å². The van der Waals surface area contributed by atoms with Gasteiger partial charge in [0.1, 0.15) is 0 Å². The van der Waals surface area contributed by atoms with Gasteiger partial charge in [-0.2, -0.15) is 0 Å². The van der Waals surface area contributed by atoms with Gasteiger partial charge in [0.25, 0.3) is 0 Å². The molecule has 2 atom stereocenters. The summed E-state index contributed by atoms with van der Waals surface area (Å²) in [4.78, 5) is 14.3. The number of aliphatic hydroxyl groups excluding tert-OH is 1. The number of aliphatic hydroxyl groups is 1. The molecule has 1 aliphatic carbocycles. The summed E-state index contributed by atoms with van der Waals surface area (Å²) in [5.74, 6) is 0.0182. The zero-order valence-electron chi connectivity index (χ0n) is 13.7. The maximum Gasteiger partial charge on any atom is 0.239 e. The Bertz CT molecular complexity index is 477. The van der Waals surface area contributed by atoms with Crippen LogP contribution in [0.4, 0.5) is 5.69 Å². The summed E-state index contributed by atoms with van der Waals surface area (Å²) in [5, 5.41) is 13.2. The summed E-state index contributed by atoms with van der Waals surface area (Å²) in [7, 11) is 0. The van der Waals surface area contributed by atoms with Crippen LogP contribution in [0, 0.1) is 5.41 Å². The molecule has 4 nitrogen and oxygen atoms in total. The molecule has 1 aromatic rings. The minimum Gasteiger partial charge on any atom is -0.392 e. The number of rotatable bonds is 6. The lowest BCUT2D eigenvalue weighted by molar-refractivity contribution is -0.121. The third-order valence-corrected chi connectivity index (χ3v) is 4.81. The second-order valence-corrected chi connectivity index (χ2v) is 6.54. The Labute approximate surface area is 133 Å². The van der Waals surface area contributed by atoms with Crippen molar-refractivity contribution in [2.45, 2.75) is 45.6 Å². The van der Waals surface area contributed by atoms with Crippen molar-refractivity contribution in [1.29, 1.82) is 0 Å². The van der Waals surface area contributed by atoms with Crippen molar-refractivity contribution in [2.75, 3.05) is 24.5 Å². The number of hydrogen-bond acceptors (Lipinski definition) is 3. The molecule has 1 saturated carbocycles. The first-order valence-electron chi connectivity index (χ1n) is 8.30. The number of carbonyl (C=O) groups is 1. The maximum atomic E-state index is 12.2. The Morgan fingerprint density at radius 3 is 2.73 bits per heavy atom. The van der Waals surface area contributed by atoms with Gasteiger partial charge in [0, 0.05) is 24.2 Å². The minimum absolute atomic E-state index is 0.0182. The van der Waals surface area contributed by atoms with E-state index in [1.807, 2.05) is 37.3 Å². The van der Waals surface area contributed by atoms with Gasteiger partial charge in [0.15, 0.2) is 0 Å². The molecule has 0 spiro atoms. The van der Waals surface area contributed by atoms with Gasteiger partial charge in [-0.3, -0.25) is 4.79 Å². The highest BCUT2D eigenvalue weighted by molar-refractivity contribution is 5.81. The fourth-order valence-electron chi connectivity index (χ4n) is 3.14. The van der Waals surface area contributed by atoms with Crippen molar-refractivity contribution >= 4 is 11.6 Å². The number of hydrogen-bond donors (Lipinski definition) is 2. The summed E-state index contributed by atoms with van der Waals surface area (Å²) >= 11 is 0. The number of amides is 1. The monoisotopic (exact) mass is 304 g/mol. The van der Waals surface area contributed by atoms with Crippen LogP contribution < -0.4 is 10.2 Å². The first kappa shape index (κ1) is 16.8. The van der Waals surface area contributed by atoms with E-state index in [1.54, 1.807) is 0 Å². The van der Waals surface area contributed by atoms with E-state index in [0.717, 1.165) is 37.9 Å². The number of nitrogens with one attached hydrogen (secondary N) is 1. The van der Waals surface area contributed by atoms with Crippen LogP contribution in [-0.2, 0) is 4.79 Å². The van der Waals surface area contributed by atoms with Crippen LogP contribution in [0.25, 0.3) is 0 Å². The number of carbonyl (C=O) groups excluding carboxylic acids is 1. The van der Waals surface area contributed by atoms with Gasteiger partial charge in [0.05, 0.1) is 12.6 Å². The normalized spacial score (nSPS) is 24.8. The summed E-state index contributed by atoms with van der Waals surface area (Å²) in [6, 6.07) is 9.97. The molecule has 1 amide bonds.